The molecule has 0 fully saturated rings. The zero-order chi connectivity index (χ0) is 23.3. The van der Waals surface area contributed by atoms with Gasteiger partial charge in [0, 0.05) is 18.7 Å². The molecule has 0 saturated heterocycles. The van der Waals surface area contributed by atoms with Crippen LogP contribution < -0.4 is 20.1 Å². The van der Waals surface area contributed by atoms with Gasteiger partial charge in [-0.15, -0.1) is 0 Å². The molecule has 0 bridgehead atoms. The summed E-state index contributed by atoms with van der Waals surface area (Å²) < 4.78 is 33.8. The highest BCUT2D eigenvalue weighted by Gasteiger charge is 2.29. The minimum Gasteiger partial charge on any atom is -0.497 e. The minimum atomic E-state index is -3.95. The minimum absolute atomic E-state index is 0.0682. The fourth-order valence-electron chi connectivity index (χ4n) is 3.53. The average molecular weight is 460 g/mol. The van der Waals surface area contributed by atoms with Crippen LogP contribution in [0, 0.1) is 5.92 Å². The Kier molecular flexibility index (Phi) is 7.52. The topological polar surface area (TPSA) is 114 Å². The highest BCUT2D eigenvalue weighted by molar-refractivity contribution is 7.89. The number of aryl methyl sites for hydroxylation is 1. The van der Waals surface area contributed by atoms with Crippen molar-refractivity contribution in [3.8, 4) is 5.75 Å². The molecule has 0 radical (unpaired) electrons. The van der Waals surface area contributed by atoms with Gasteiger partial charge in [0.05, 0.1) is 12.0 Å². The number of nitrogens with one attached hydrogen (secondary N) is 3. The Morgan fingerprint density at radius 2 is 1.94 bits per heavy atom. The van der Waals surface area contributed by atoms with Gasteiger partial charge in [0.25, 0.3) is 0 Å². The number of fused-ring (bicyclic) bond motifs is 1. The summed E-state index contributed by atoms with van der Waals surface area (Å²) in [6.07, 6.45) is 1.65. The third-order valence-electron chi connectivity index (χ3n) is 5.34. The van der Waals surface area contributed by atoms with Gasteiger partial charge in [-0.1, -0.05) is 26.0 Å². The maximum Gasteiger partial charge on any atom is 0.241 e. The van der Waals surface area contributed by atoms with Gasteiger partial charge in [-0.3, -0.25) is 9.59 Å². The van der Waals surface area contributed by atoms with E-state index < -0.39 is 22.0 Å². The number of rotatable bonds is 8. The number of carbonyl (C=O) groups is 2. The third-order valence-corrected chi connectivity index (χ3v) is 6.78. The molecule has 2 amide bonds. The molecule has 0 aromatic heterocycles. The van der Waals surface area contributed by atoms with Crippen LogP contribution in [0.25, 0.3) is 0 Å². The van der Waals surface area contributed by atoms with E-state index in [-0.39, 0.29) is 23.3 Å². The predicted octanol–water partition coefficient (Wildman–Crippen LogP) is 2.59. The van der Waals surface area contributed by atoms with Crippen molar-refractivity contribution in [3.05, 3.63) is 53.6 Å². The summed E-state index contributed by atoms with van der Waals surface area (Å²) in [5.74, 6) is -0.0778. The predicted molar refractivity (Wildman–Crippen MR) is 122 cm³/mol. The van der Waals surface area contributed by atoms with Gasteiger partial charge < -0.3 is 15.4 Å². The highest BCUT2D eigenvalue weighted by Crippen LogP contribution is 2.25. The van der Waals surface area contributed by atoms with Crippen molar-refractivity contribution in [3.63, 3.8) is 0 Å². The van der Waals surface area contributed by atoms with E-state index in [2.05, 4.69) is 15.4 Å². The van der Waals surface area contributed by atoms with E-state index in [1.54, 1.807) is 33.1 Å². The lowest BCUT2D eigenvalue weighted by molar-refractivity contribution is -0.123. The van der Waals surface area contributed by atoms with Crippen LogP contribution in [0.3, 0.4) is 0 Å². The first kappa shape index (κ1) is 23.7. The zero-order valence-corrected chi connectivity index (χ0v) is 19.3. The maximum atomic E-state index is 13.1. The van der Waals surface area contributed by atoms with E-state index >= 15 is 0 Å². The molecule has 0 spiro atoms. The zero-order valence-electron chi connectivity index (χ0n) is 18.5. The Hall–Kier alpha value is -2.91. The summed E-state index contributed by atoms with van der Waals surface area (Å²) >= 11 is 0. The second-order valence-corrected chi connectivity index (χ2v) is 9.85. The second-order valence-electron chi connectivity index (χ2n) is 8.13. The van der Waals surface area contributed by atoms with Gasteiger partial charge in [0.2, 0.25) is 21.8 Å². The molecule has 1 atom stereocenters. The van der Waals surface area contributed by atoms with E-state index in [1.165, 1.54) is 6.07 Å². The first-order chi connectivity index (χ1) is 15.2. The van der Waals surface area contributed by atoms with Gasteiger partial charge in [-0.05, 0) is 60.2 Å². The summed E-state index contributed by atoms with van der Waals surface area (Å²) in [4.78, 5) is 24.6. The third kappa shape index (κ3) is 5.86. The van der Waals surface area contributed by atoms with Crippen LogP contribution >= 0.6 is 0 Å². The van der Waals surface area contributed by atoms with E-state index in [9.17, 15) is 18.0 Å². The molecular formula is C23H29N3O5S. The summed E-state index contributed by atoms with van der Waals surface area (Å²) in [7, 11) is -2.38. The van der Waals surface area contributed by atoms with Crippen molar-refractivity contribution in [1.82, 2.24) is 10.0 Å². The number of sulfonamides is 1. The molecule has 0 aliphatic carbocycles. The smallest absolute Gasteiger partial charge is 0.241 e. The number of anilines is 1. The van der Waals surface area contributed by atoms with E-state index in [0.717, 1.165) is 11.1 Å². The SMILES string of the molecule is COc1cccc(CNC(=O)C(NS(=O)(=O)c2ccc3c(c2)CCCC(=O)N3)C(C)C)c1. The Morgan fingerprint density at radius 3 is 2.66 bits per heavy atom. The molecule has 1 aliphatic rings. The molecule has 1 unspecified atom stereocenters. The Balaban J connectivity index is 1.73. The van der Waals surface area contributed by atoms with Crippen LogP contribution in [0.5, 0.6) is 5.75 Å². The first-order valence-electron chi connectivity index (χ1n) is 10.6. The quantitative estimate of drug-likeness (QED) is 0.562. The van der Waals surface area contributed by atoms with Gasteiger partial charge in [0.15, 0.2) is 0 Å². The summed E-state index contributed by atoms with van der Waals surface area (Å²) in [5, 5.41) is 5.59. The monoisotopic (exact) mass is 459 g/mol. The van der Waals surface area contributed by atoms with E-state index in [1.807, 2.05) is 24.3 Å². The second kappa shape index (κ2) is 10.1. The Bertz CT molecular complexity index is 1100. The van der Waals surface area contributed by atoms with Crippen molar-refractivity contribution in [2.24, 2.45) is 5.92 Å². The number of carbonyl (C=O) groups excluding carboxylic acids is 2. The van der Waals surface area contributed by atoms with Gasteiger partial charge in [-0.2, -0.15) is 4.72 Å². The number of amides is 2. The summed E-state index contributed by atoms with van der Waals surface area (Å²) in [6.45, 7) is 3.81. The van der Waals surface area contributed by atoms with Gasteiger partial charge >= 0.3 is 0 Å². The summed E-state index contributed by atoms with van der Waals surface area (Å²) in [5.41, 5.74) is 2.24. The van der Waals surface area contributed by atoms with Crippen molar-refractivity contribution in [2.75, 3.05) is 12.4 Å². The van der Waals surface area contributed by atoms with Crippen LogP contribution in [-0.4, -0.2) is 33.4 Å². The molecule has 1 heterocycles. The molecule has 3 N–H and O–H groups in total. The molecule has 2 aromatic carbocycles. The molecule has 1 aliphatic heterocycles. The Morgan fingerprint density at radius 1 is 1.16 bits per heavy atom. The standard InChI is InChI=1S/C23H29N3O5S/c1-15(2)22(23(28)24-14-16-6-4-8-18(12-16)31-3)26-32(29,30)19-10-11-20-17(13-19)7-5-9-21(27)25-20/h4,6,8,10-13,15,22,26H,5,7,9,14H2,1-3H3,(H,24,28)(H,25,27). The lowest BCUT2D eigenvalue weighted by Crippen LogP contribution is -2.49. The molecule has 2 aromatic rings. The molecule has 172 valence electrons. The lowest BCUT2D eigenvalue weighted by atomic mass is 10.0. The highest BCUT2D eigenvalue weighted by atomic mass is 32.2. The van der Waals surface area contributed by atoms with E-state index in [4.69, 9.17) is 4.74 Å². The van der Waals surface area contributed by atoms with Gasteiger partial charge in [-0.25, -0.2) is 8.42 Å². The maximum absolute atomic E-state index is 13.1. The lowest BCUT2D eigenvalue weighted by Gasteiger charge is -2.22. The number of hydrogen-bond donors (Lipinski definition) is 3. The van der Waals surface area contributed by atoms with Crippen molar-refractivity contribution >= 4 is 27.5 Å². The number of benzene rings is 2. The Labute approximate surface area is 188 Å². The summed E-state index contributed by atoms with van der Waals surface area (Å²) in [6, 6.07) is 11.0. The van der Waals surface area contributed by atoms with Gasteiger partial charge in [0.1, 0.15) is 11.8 Å². The number of ether oxygens (including phenoxy) is 1. The normalized spacial score (nSPS) is 14.8. The van der Waals surface area contributed by atoms with Crippen LogP contribution in [0.2, 0.25) is 0 Å². The number of hydrogen-bond acceptors (Lipinski definition) is 5. The average Bonchev–Trinajstić information content (AvgIpc) is 2.95. The van der Waals surface area contributed by atoms with Crippen LogP contribution in [-0.2, 0) is 32.6 Å². The fourth-order valence-corrected chi connectivity index (χ4v) is 4.92. The van der Waals surface area contributed by atoms with Crippen molar-refractivity contribution in [1.29, 1.82) is 0 Å². The van der Waals surface area contributed by atoms with Crippen LogP contribution in [0.1, 0.15) is 37.8 Å². The largest absolute Gasteiger partial charge is 0.497 e. The molecule has 3 rings (SSSR count). The van der Waals surface area contributed by atoms with E-state index in [0.29, 0.717) is 30.7 Å². The molecule has 8 nitrogen and oxygen atoms in total. The number of methoxy groups -OCH3 is 1. The first-order valence-corrected chi connectivity index (χ1v) is 12.0. The van der Waals surface area contributed by atoms with Crippen molar-refractivity contribution < 1.29 is 22.7 Å². The molecular weight excluding hydrogens is 430 g/mol. The van der Waals surface area contributed by atoms with Crippen LogP contribution in [0.4, 0.5) is 5.69 Å². The molecule has 0 saturated carbocycles. The molecule has 32 heavy (non-hydrogen) atoms. The molecule has 9 heteroatoms. The van der Waals surface area contributed by atoms with Crippen molar-refractivity contribution in [2.45, 2.75) is 50.6 Å². The fraction of sp³-hybridized carbons (Fsp3) is 0.391. The van der Waals surface area contributed by atoms with Crippen LogP contribution in [0.15, 0.2) is 47.4 Å².